The normalized spacial score (nSPS) is 11.8. The Morgan fingerprint density at radius 2 is 1.91 bits per heavy atom. The second kappa shape index (κ2) is 8.34. The number of carbonyl (C=O) groups is 1. The molecule has 0 saturated carbocycles. The van der Waals surface area contributed by atoms with E-state index in [1.54, 1.807) is 14.0 Å². The number of ether oxygens (including phenoxy) is 2. The average molecular weight is 313 g/mol. The van der Waals surface area contributed by atoms with E-state index in [0.29, 0.717) is 19.4 Å². The quantitative estimate of drug-likeness (QED) is 0.798. The molecule has 4 nitrogen and oxygen atoms in total. The molecule has 2 aromatic rings. The Balaban J connectivity index is 2.14. The monoisotopic (exact) mass is 313 g/mol. The van der Waals surface area contributed by atoms with Crippen LogP contribution < -0.4 is 10.5 Å². The summed E-state index contributed by atoms with van der Waals surface area (Å²) in [7, 11) is 1.66. The van der Waals surface area contributed by atoms with Gasteiger partial charge in [0.1, 0.15) is 11.8 Å². The smallest absolute Gasteiger partial charge is 0.322 e. The summed E-state index contributed by atoms with van der Waals surface area (Å²) in [4.78, 5) is 11.6. The van der Waals surface area contributed by atoms with E-state index in [2.05, 4.69) is 6.07 Å². The molecule has 0 saturated heterocycles. The summed E-state index contributed by atoms with van der Waals surface area (Å²) in [5.41, 5.74) is 9.11. The van der Waals surface area contributed by atoms with Crippen LogP contribution in [0.5, 0.6) is 5.75 Å². The van der Waals surface area contributed by atoms with Gasteiger partial charge in [0, 0.05) is 5.56 Å². The van der Waals surface area contributed by atoms with Gasteiger partial charge in [0.25, 0.3) is 0 Å². The minimum Gasteiger partial charge on any atom is -0.496 e. The van der Waals surface area contributed by atoms with Crippen LogP contribution in [-0.2, 0) is 16.0 Å². The van der Waals surface area contributed by atoms with E-state index >= 15 is 0 Å². The molecule has 2 rings (SSSR count). The highest BCUT2D eigenvalue weighted by atomic mass is 16.5. The van der Waals surface area contributed by atoms with Crippen molar-refractivity contribution >= 4 is 5.97 Å². The van der Waals surface area contributed by atoms with Gasteiger partial charge in [-0.25, -0.2) is 0 Å². The van der Waals surface area contributed by atoms with Gasteiger partial charge in [-0.05, 0) is 43.0 Å². The van der Waals surface area contributed by atoms with Gasteiger partial charge in [0.15, 0.2) is 0 Å². The molecule has 0 aliphatic rings. The maximum atomic E-state index is 11.6. The highest BCUT2D eigenvalue weighted by molar-refractivity contribution is 5.75. The Morgan fingerprint density at radius 1 is 1.17 bits per heavy atom. The molecule has 2 N–H and O–H groups in total. The van der Waals surface area contributed by atoms with Crippen molar-refractivity contribution in [3.8, 4) is 16.9 Å². The number of aryl methyl sites for hydroxylation is 1. The lowest BCUT2D eigenvalue weighted by Crippen LogP contribution is -2.32. The zero-order chi connectivity index (χ0) is 16.7. The zero-order valence-corrected chi connectivity index (χ0v) is 13.6. The third kappa shape index (κ3) is 4.57. The minimum absolute atomic E-state index is 0.343. The molecule has 23 heavy (non-hydrogen) atoms. The van der Waals surface area contributed by atoms with E-state index in [4.69, 9.17) is 15.2 Å². The molecule has 0 amide bonds. The molecule has 0 aliphatic carbocycles. The Kier molecular flexibility index (Phi) is 6.18. The van der Waals surface area contributed by atoms with Gasteiger partial charge in [-0.3, -0.25) is 4.79 Å². The van der Waals surface area contributed by atoms with Gasteiger partial charge in [0.2, 0.25) is 0 Å². The summed E-state index contributed by atoms with van der Waals surface area (Å²) in [5.74, 6) is 0.485. The summed E-state index contributed by atoms with van der Waals surface area (Å²) in [6, 6.07) is 15.5. The van der Waals surface area contributed by atoms with Crippen LogP contribution in [0.2, 0.25) is 0 Å². The van der Waals surface area contributed by atoms with E-state index in [9.17, 15) is 4.79 Å². The lowest BCUT2D eigenvalue weighted by Gasteiger charge is -2.13. The van der Waals surface area contributed by atoms with Crippen molar-refractivity contribution in [2.45, 2.75) is 25.8 Å². The maximum Gasteiger partial charge on any atom is 0.322 e. The van der Waals surface area contributed by atoms with Crippen molar-refractivity contribution in [2.75, 3.05) is 13.7 Å². The van der Waals surface area contributed by atoms with Crippen LogP contribution in [-0.4, -0.2) is 25.7 Å². The van der Waals surface area contributed by atoms with Crippen LogP contribution in [0, 0.1) is 0 Å². The molecule has 0 fully saturated rings. The number of hydrogen-bond acceptors (Lipinski definition) is 4. The molecule has 1 unspecified atom stereocenters. The molecular weight excluding hydrogens is 290 g/mol. The molecule has 0 bridgehead atoms. The molecule has 0 aromatic heterocycles. The average Bonchev–Trinajstić information content (AvgIpc) is 2.60. The van der Waals surface area contributed by atoms with Crippen LogP contribution in [0.4, 0.5) is 0 Å². The van der Waals surface area contributed by atoms with Crippen molar-refractivity contribution < 1.29 is 14.3 Å². The van der Waals surface area contributed by atoms with Crippen molar-refractivity contribution in [1.82, 2.24) is 0 Å². The fourth-order valence-corrected chi connectivity index (χ4v) is 2.44. The second-order valence-electron chi connectivity index (χ2n) is 5.30. The number of hydrogen-bond donors (Lipinski definition) is 1. The van der Waals surface area contributed by atoms with Gasteiger partial charge in [-0.2, -0.15) is 0 Å². The molecular formula is C19H23NO3. The predicted octanol–water partition coefficient (Wildman–Crippen LogP) is 3.19. The van der Waals surface area contributed by atoms with Crippen molar-refractivity contribution in [1.29, 1.82) is 0 Å². The Hall–Kier alpha value is -2.33. The number of nitrogens with two attached hydrogens (primary N) is 1. The highest BCUT2D eigenvalue weighted by Gasteiger charge is 2.15. The number of methoxy groups -OCH3 is 1. The molecule has 122 valence electrons. The Morgan fingerprint density at radius 3 is 2.57 bits per heavy atom. The largest absolute Gasteiger partial charge is 0.496 e. The first-order valence-corrected chi connectivity index (χ1v) is 7.80. The van der Waals surface area contributed by atoms with E-state index in [-0.39, 0.29) is 5.97 Å². The molecule has 0 aliphatic heterocycles. The number of esters is 1. The van der Waals surface area contributed by atoms with E-state index in [1.807, 2.05) is 42.5 Å². The van der Waals surface area contributed by atoms with Gasteiger partial charge in [0.05, 0.1) is 13.7 Å². The SMILES string of the molecule is CCOC(=O)C(N)CCc1ccc(OC)c(-c2ccccc2)c1. The zero-order valence-electron chi connectivity index (χ0n) is 13.6. The number of carbonyl (C=O) groups excluding carboxylic acids is 1. The number of rotatable bonds is 7. The Bertz CT molecular complexity index is 640. The molecule has 4 heteroatoms. The lowest BCUT2D eigenvalue weighted by atomic mass is 9.98. The first-order valence-electron chi connectivity index (χ1n) is 7.80. The lowest BCUT2D eigenvalue weighted by molar-refractivity contribution is -0.144. The fourth-order valence-electron chi connectivity index (χ4n) is 2.44. The molecule has 0 heterocycles. The van der Waals surface area contributed by atoms with Crippen molar-refractivity contribution in [3.05, 3.63) is 54.1 Å². The van der Waals surface area contributed by atoms with Gasteiger partial charge < -0.3 is 15.2 Å². The molecule has 0 spiro atoms. The molecule has 2 aromatic carbocycles. The molecule has 1 atom stereocenters. The van der Waals surface area contributed by atoms with Gasteiger partial charge in [-0.15, -0.1) is 0 Å². The second-order valence-corrected chi connectivity index (χ2v) is 5.30. The van der Waals surface area contributed by atoms with Crippen molar-refractivity contribution in [3.63, 3.8) is 0 Å². The van der Waals surface area contributed by atoms with Crippen LogP contribution in [0.15, 0.2) is 48.5 Å². The van der Waals surface area contributed by atoms with Crippen LogP contribution >= 0.6 is 0 Å². The number of benzene rings is 2. The third-order valence-electron chi connectivity index (χ3n) is 3.68. The summed E-state index contributed by atoms with van der Waals surface area (Å²) in [6.07, 6.45) is 1.27. The first kappa shape index (κ1) is 17.0. The van der Waals surface area contributed by atoms with E-state index in [1.165, 1.54) is 0 Å². The van der Waals surface area contributed by atoms with Crippen LogP contribution in [0.1, 0.15) is 18.9 Å². The molecule has 0 radical (unpaired) electrons. The first-order chi connectivity index (χ1) is 11.2. The van der Waals surface area contributed by atoms with Gasteiger partial charge in [-0.1, -0.05) is 36.4 Å². The summed E-state index contributed by atoms with van der Waals surface area (Å²) >= 11 is 0. The summed E-state index contributed by atoms with van der Waals surface area (Å²) in [5, 5.41) is 0. The third-order valence-corrected chi connectivity index (χ3v) is 3.68. The summed E-state index contributed by atoms with van der Waals surface area (Å²) < 4.78 is 10.4. The standard InChI is InChI=1S/C19H23NO3/c1-3-23-19(21)17(20)11-9-14-10-12-18(22-2)16(13-14)15-7-5-4-6-8-15/h4-8,10,12-13,17H,3,9,11,20H2,1-2H3. The summed E-state index contributed by atoms with van der Waals surface area (Å²) in [6.45, 7) is 2.13. The van der Waals surface area contributed by atoms with E-state index in [0.717, 1.165) is 22.4 Å². The van der Waals surface area contributed by atoms with E-state index < -0.39 is 6.04 Å². The Labute approximate surface area is 137 Å². The predicted molar refractivity (Wildman–Crippen MR) is 91.4 cm³/mol. The van der Waals surface area contributed by atoms with Crippen LogP contribution in [0.3, 0.4) is 0 Å². The fraction of sp³-hybridized carbons (Fsp3) is 0.316. The van der Waals surface area contributed by atoms with Crippen LogP contribution in [0.25, 0.3) is 11.1 Å². The minimum atomic E-state index is -0.586. The van der Waals surface area contributed by atoms with Crippen molar-refractivity contribution in [2.24, 2.45) is 5.73 Å². The maximum absolute atomic E-state index is 11.6. The van der Waals surface area contributed by atoms with Gasteiger partial charge >= 0.3 is 5.97 Å². The highest BCUT2D eigenvalue weighted by Crippen LogP contribution is 2.31. The topological polar surface area (TPSA) is 61.5 Å².